The molecular weight excluding hydrogens is 442 g/mol. The van der Waals surface area contributed by atoms with Crippen LogP contribution < -0.4 is 10.7 Å². The molecule has 0 radical (unpaired) electrons. The molecule has 1 heterocycles. The fraction of sp³-hybridized carbons (Fsp3) is 0.217. The van der Waals surface area contributed by atoms with Gasteiger partial charge in [0.2, 0.25) is 0 Å². The van der Waals surface area contributed by atoms with Gasteiger partial charge in [0.25, 0.3) is 11.6 Å². The third-order valence-electron chi connectivity index (χ3n) is 5.51. The highest BCUT2D eigenvalue weighted by atomic mass is 16.6. The Morgan fingerprint density at radius 1 is 1.06 bits per heavy atom. The summed E-state index contributed by atoms with van der Waals surface area (Å²) in [4.78, 5) is 33.8. The predicted octanol–water partition coefficient (Wildman–Crippen LogP) is 5.12. The number of fused-ring (bicyclic) bond motifs is 1. The number of hydrogen-bond donors (Lipinski definition) is 2. The van der Waals surface area contributed by atoms with E-state index in [1.165, 1.54) is 12.1 Å². The molecule has 34 heavy (non-hydrogen) atoms. The molecule has 1 amide bonds. The van der Waals surface area contributed by atoms with E-state index in [1.54, 1.807) is 13.0 Å². The van der Waals surface area contributed by atoms with Crippen LogP contribution in [-0.4, -0.2) is 21.5 Å². The molecule has 0 unspecified atom stereocenters. The molecule has 0 fully saturated rings. The molecule has 1 aliphatic rings. The van der Waals surface area contributed by atoms with Gasteiger partial charge in [-0.25, -0.2) is 0 Å². The van der Waals surface area contributed by atoms with Crippen LogP contribution in [0.25, 0.3) is 0 Å². The third kappa shape index (κ3) is 4.49. The van der Waals surface area contributed by atoms with Crippen molar-refractivity contribution in [2.45, 2.75) is 33.1 Å². The van der Waals surface area contributed by atoms with Gasteiger partial charge >= 0.3 is 5.69 Å². The molecule has 0 spiro atoms. The van der Waals surface area contributed by atoms with Crippen molar-refractivity contribution in [3.8, 4) is 0 Å². The van der Waals surface area contributed by atoms with Gasteiger partial charge in [-0.2, -0.15) is 5.10 Å². The zero-order valence-electron chi connectivity index (χ0n) is 18.5. The normalized spacial score (nSPS) is 13.9. The average molecular weight is 463 g/mol. The number of nitro groups is 2. The second-order valence-corrected chi connectivity index (χ2v) is 7.92. The number of carbonyl (C=O) groups excluding carboxylic acids is 1. The van der Waals surface area contributed by atoms with Gasteiger partial charge in [-0.3, -0.25) is 30.4 Å². The maximum absolute atomic E-state index is 12.9. The second-order valence-electron chi connectivity index (χ2n) is 7.92. The van der Waals surface area contributed by atoms with E-state index in [4.69, 9.17) is 4.42 Å². The number of anilines is 2. The summed E-state index contributed by atoms with van der Waals surface area (Å²) < 4.78 is 5.88. The standard InChI is InChI=1S/C23H21N5O6/c1-13-5-3-6-15(11-13)24-23(29)22-14(2)21-18(7-4-8-20(21)34-22)26-25-17-10-9-16(27(30)31)12-19(17)28(32)33/h3,5-6,9-12,25H,4,7-8H2,1-2H3,(H,24,29)/b26-18+. The van der Waals surface area contributed by atoms with Crippen molar-refractivity contribution in [2.24, 2.45) is 5.10 Å². The molecule has 0 atom stereocenters. The molecule has 11 nitrogen and oxygen atoms in total. The minimum absolute atomic E-state index is 0.0220. The predicted molar refractivity (Wildman–Crippen MR) is 125 cm³/mol. The van der Waals surface area contributed by atoms with Crippen molar-refractivity contribution in [3.63, 3.8) is 0 Å². The summed E-state index contributed by atoms with van der Waals surface area (Å²) in [5.41, 5.74) is 5.40. The van der Waals surface area contributed by atoms with E-state index in [1.807, 2.05) is 25.1 Å². The number of rotatable bonds is 6. The largest absolute Gasteiger partial charge is 0.455 e. The fourth-order valence-corrected chi connectivity index (χ4v) is 3.91. The van der Waals surface area contributed by atoms with Gasteiger partial charge in [-0.1, -0.05) is 12.1 Å². The number of hydrazone groups is 1. The summed E-state index contributed by atoms with van der Waals surface area (Å²) in [6, 6.07) is 10.7. The summed E-state index contributed by atoms with van der Waals surface area (Å²) in [5, 5.41) is 29.5. The quantitative estimate of drug-likeness (QED) is 0.380. The highest BCUT2D eigenvalue weighted by molar-refractivity contribution is 6.09. The Hall–Kier alpha value is -4.54. The van der Waals surface area contributed by atoms with Crippen LogP contribution in [0.3, 0.4) is 0 Å². The zero-order chi connectivity index (χ0) is 24.4. The monoisotopic (exact) mass is 463 g/mol. The summed E-state index contributed by atoms with van der Waals surface area (Å²) in [5.74, 6) is 0.426. The van der Waals surface area contributed by atoms with Gasteiger partial charge in [0.05, 0.1) is 21.6 Å². The van der Waals surface area contributed by atoms with Crippen molar-refractivity contribution in [1.29, 1.82) is 0 Å². The van der Waals surface area contributed by atoms with Crippen LogP contribution in [0.15, 0.2) is 52.0 Å². The van der Waals surface area contributed by atoms with Gasteiger partial charge in [0.1, 0.15) is 11.4 Å². The first-order chi connectivity index (χ1) is 16.2. The number of nitrogens with zero attached hydrogens (tertiary/aromatic N) is 3. The molecule has 4 rings (SSSR count). The first-order valence-electron chi connectivity index (χ1n) is 10.5. The lowest BCUT2D eigenvalue weighted by atomic mass is 9.93. The minimum Gasteiger partial charge on any atom is -0.455 e. The Labute approximate surface area is 193 Å². The highest BCUT2D eigenvalue weighted by Crippen LogP contribution is 2.32. The minimum atomic E-state index is -0.710. The van der Waals surface area contributed by atoms with Crippen LogP contribution in [0.1, 0.15) is 45.8 Å². The van der Waals surface area contributed by atoms with Crippen LogP contribution in [0.4, 0.5) is 22.7 Å². The van der Waals surface area contributed by atoms with Gasteiger partial charge in [-0.05, 0) is 50.5 Å². The van der Waals surface area contributed by atoms with Crippen molar-refractivity contribution < 1.29 is 19.1 Å². The molecule has 3 aromatic rings. The molecule has 2 N–H and O–H groups in total. The Balaban J connectivity index is 1.63. The number of furan rings is 1. The first-order valence-corrected chi connectivity index (χ1v) is 10.5. The molecule has 11 heteroatoms. The lowest BCUT2D eigenvalue weighted by Crippen LogP contribution is -2.14. The van der Waals surface area contributed by atoms with Crippen molar-refractivity contribution in [2.75, 3.05) is 10.7 Å². The number of hydrogen-bond acceptors (Lipinski definition) is 8. The summed E-state index contributed by atoms with van der Waals surface area (Å²) in [6.45, 7) is 3.69. The van der Waals surface area contributed by atoms with Crippen LogP contribution in [0.2, 0.25) is 0 Å². The van der Waals surface area contributed by atoms with Crippen LogP contribution in [0, 0.1) is 34.1 Å². The average Bonchev–Trinajstić information content (AvgIpc) is 3.14. The Morgan fingerprint density at radius 2 is 1.85 bits per heavy atom. The van der Waals surface area contributed by atoms with E-state index in [-0.39, 0.29) is 23.0 Å². The Bertz CT molecular complexity index is 1340. The number of amides is 1. The molecule has 174 valence electrons. The third-order valence-corrected chi connectivity index (χ3v) is 5.51. The number of aryl methyl sites for hydroxylation is 2. The van der Waals surface area contributed by atoms with Crippen molar-refractivity contribution in [1.82, 2.24) is 0 Å². The molecule has 0 saturated heterocycles. The van der Waals surface area contributed by atoms with E-state index in [0.29, 0.717) is 41.1 Å². The molecule has 2 aromatic carbocycles. The number of nitrogens with one attached hydrogen (secondary N) is 2. The lowest BCUT2D eigenvalue weighted by Gasteiger charge is -2.13. The van der Waals surface area contributed by atoms with Gasteiger partial charge in [-0.15, -0.1) is 0 Å². The second kappa shape index (κ2) is 9.14. The van der Waals surface area contributed by atoms with Crippen LogP contribution >= 0.6 is 0 Å². The van der Waals surface area contributed by atoms with Crippen LogP contribution in [-0.2, 0) is 6.42 Å². The van der Waals surface area contributed by atoms with E-state index in [2.05, 4.69) is 15.8 Å². The molecule has 1 aromatic heterocycles. The lowest BCUT2D eigenvalue weighted by molar-refractivity contribution is -0.393. The summed E-state index contributed by atoms with van der Waals surface area (Å²) in [6.07, 6.45) is 1.92. The maximum Gasteiger partial charge on any atom is 0.301 e. The Morgan fingerprint density at radius 3 is 2.56 bits per heavy atom. The number of nitro benzene ring substituents is 2. The van der Waals surface area contributed by atoms with Crippen molar-refractivity contribution in [3.05, 3.63) is 90.9 Å². The topological polar surface area (TPSA) is 153 Å². The first kappa shape index (κ1) is 22.6. The van der Waals surface area contributed by atoms with E-state index >= 15 is 0 Å². The molecule has 0 aliphatic heterocycles. The van der Waals surface area contributed by atoms with E-state index in [9.17, 15) is 25.0 Å². The zero-order valence-corrected chi connectivity index (χ0v) is 18.5. The van der Waals surface area contributed by atoms with E-state index in [0.717, 1.165) is 18.1 Å². The highest BCUT2D eigenvalue weighted by Gasteiger charge is 2.28. The molecule has 1 aliphatic carbocycles. The van der Waals surface area contributed by atoms with Gasteiger partial charge in [0, 0.05) is 29.3 Å². The SMILES string of the molecule is Cc1cccc(NC(=O)c2oc3c(c2C)/C(=N/Nc2ccc([N+](=O)[O-])cc2[N+](=O)[O-])CCC3)c1. The summed E-state index contributed by atoms with van der Waals surface area (Å²) >= 11 is 0. The molecular formula is C23H21N5O6. The Kier molecular flexibility index (Phi) is 6.09. The number of non-ortho nitro benzene ring substituents is 1. The summed E-state index contributed by atoms with van der Waals surface area (Å²) in [7, 11) is 0. The number of carbonyl (C=O) groups is 1. The van der Waals surface area contributed by atoms with Gasteiger partial charge in [0.15, 0.2) is 5.76 Å². The fourth-order valence-electron chi connectivity index (χ4n) is 3.91. The van der Waals surface area contributed by atoms with E-state index < -0.39 is 15.5 Å². The maximum atomic E-state index is 12.9. The molecule has 0 bridgehead atoms. The molecule has 0 saturated carbocycles. The van der Waals surface area contributed by atoms with Crippen molar-refractivity contribution >= 4 is 34.4 Å². The van der Waals surface area contributed by atoms with Gasteiger partial charge < -0.3 is 9.73 Å². The smallest absolute Gasteiger partial charge is 0.301 e. The number of benzene rings is 2. The van der Waals surface area contributed by atoms with Crippen LogP contribution in [0.5, 0.6) is 0 Å².